The molecule has 51 heavy (non-hydrogen) atoms. The zero-order valence-corrected chi connectivity index (χ0v) is 32.7. The van der Waals surface area contributed by atoms with E-state index in [4.69, 9.17) is 28.4 Å². The summed E-state index contributed by atoms with van der Waals surface area (Å²) in [7, 11) is 0. The molecule has 2 fully saturated rings. The van der Waals surface area contributed by atoms with Crippen molar-refractivity contribution in [3.05, 3.63) is 57.6 Å². The molecule has 2 aliphatic rings. The van der Waals surface area contributed by atoms with Gasteiger partial charge in [-0.3, -0.25) is 9.59 Å². The Morgan fingerprint density at radius 3 is 1.43 bits per heavy atom. The standard InChI is InChI=1S/C41H60O10/c1-24-13-30(15-32(34(24)42)38(7,8)9)28(5)36(44)49-17-26(3)41(40(21-48-23-51-41)19-46-22-47-20-40)27(4)18-50-37(45)29(6)31-14-25(2)35(43)33(16-31)39(10,11)12/h13-16,26-29,42-43H,17-23H2,1-12H3. The van der Waals surface area contributed by atoms with Crippen LogP contribution in [0.25, 0.3) is 0 Å². The van der Waals surface area contributed by atoms with E-state index in [0.717, 1.165) is 22.3 Å². The number of carbonyl (C=O) groups excluding carboxylic acids is 2. The number of phenolic OH excluding ortho intramolecular Hbond substituents is 2. The molecule has 10 heteroatoms. The number of esters is 2. The van der Waals surface area contributed by atoms with Crippen LogP contribution in [0.3, 0.4) is 0 Å². The van der Waals surface area contributed by atoms with Gasteiger partial charge in [0.25, 0.3) is 0 Å². The molecule has 1 spiro atoms. The van der Waals surface area contributed by atoms with Crippen molar-refractivity contribution >= 4 is 11.9 Å². The molecular formula is C41H60O10. The third-order valence-electron chi connectivity index (χ3n) is 10.9. The monoisotopic (exact) mass is 712 g/mol. The summed E-state index contributed by atoms with van der Waals surface area (Å²) in [5.74, 6) is -2.25. The second-order valence-corrected chi connectivity index (χ2v) is 17.0. The normalized spacial score (nSPS) is 21.8. The summed E-state index contributed by atoms with van der Waals surface area (Å²) in [4.78, 5) is 27.2. The fourth-order valence-corrected chi connectivity index (χ4v) is 7.78. The number of aromatic hydroxyl groups is 2. The Labute approximate surface area is 304 Å². The van der Waals surface area contributed by atoms with Crippen LogP contribution in [0.4, 0.5) is 0 Å². The highest BCUT2D eigenvalue weighted by molar-refractivity contribution is 5.79. The molecule has 2 saturated heterocycles. The average Bonchev–Trinajstić information content (AvgIpc) is 3.06. The molecular weight excluding hydrogens is 652 g/mol. The minimum atomic E-state index is -1.01. The van der Waals surface area contributed by atoms with Gasteiger partial charge in [0.2, 0.25) is 0 Å². The lowest BCUT2D eigenvalue weighted by Gasteiger charge is -2.58. The molecule has 0 aromatic heterocycles. The summed E-state index contributed by atoms with van der Waals surface area (Å²) < 4.78 is 36.2. The first-order valence-corrected chi connectivity index (χ1v) is 18.0. The molecule has 2 heterocycles. The van der Waals surface area contributed by atoms with E-state index in [1.54, 1.807) is 13.8 Å². The number of aryl methyl sites for hydroxylation is 2. The molecule has 284 valence electrons. The van der Waals surface area contributed by atoms with Crippen molar-refractivity contribution in [2.75, 3.05) is 46.6 Å². The zero-order chi connectivity index (χ0) is 38.1. The molecule has 0 saturated carbocycles. The first-order chi connectivity index (χ1) is 23.7. The highest BCUT2D eigenvalue weighted by Crippen LogP contribution is 2.50. The lowest BCUT2D eigenvalue weighted by Crippen LogP contribution is -2.69. The first-order valence-electron chi connectivity index (χ1n) is 18.0. The largest absolute Gasteiger partial charge is 0.507 e. The molecule has 10 nitrogen and oxygen atoms in total. The molecule has 2 aliphatic heterocycles. The quantitative estimate of drug-likeness (QED) is 0.242. The molecule has 4 rings (SSSR count). The van der Waals surface area contributed by atoms with Gasteiger partial charge in [0, 0.05) is 11.8 Å². The number of rotatable bonds is 10. The Balaban J connectivity index is 1.56. The molecule has 2 aromatic carbocycles. The zero-order valence-electron chi connectivity index (χ0n) is 32.7. The molecule has 0 amide bonds. The predicted molar refractivity (Wildman–Crippen MR) is 194 cm³/mol. The van der Waals surface area contributed by atoms with Crippen LogP contribution in [0.15, 0.2) is 24.3 Å². The number of phenols is 2. The number of hydrogen-bond acceptors (Lipinski definition) is 10. The molecule has 2 N–H and O–H groups in total. The summed E-state index contributed by atoms with van der Waals surface area (Å²) in [6, 6.07) is 7.42. The first kappa shape index (κ1) is 40.6. The third kappa shape index (κ3) is 8.24. The molecule has 0 radical (unpaired) electrons. The molecule has 4 unspecified atom stereocenters. The summed E-state index contributed by atoms with van der Waals surface area (Å²) in [6.07, 6.45) is 0. The second kappa shape index (κ2) is 15.4. The van der Waals surface area contributed by atoms with Crippen LogP contribution >= 0.6 is 0 Å². The van der Waals surface area contributed by atoms with Crippen LogP contribution in [-0.4, -0.2) is 74.4 Å². The topological polar surface area (TPSA) is 130 Å². The maximum absolute atomic E-state index is 13.6. The van der Waals surface area contributed by atoms with Crippen LogP contribution in [0.2, 0.25) is 0 Å². The number of benzene rings is 2. The van der Waals surface area contributed by atoms with Gasteiger partial charge >= 0.3 is 11.9 Å². The highest BCUT2D eigenvalue weighted by atomic mass is 16.7. The maximum atomic E-state index is 13.6. The fraction of sp³-hybridized carbons (Fsp3) is 0.659. The van der Waals surface area contributed by atoms with E-state index in [2.05, 4.69) is 0 Å². The third-order valence-corrected chi connectivity index (χ3v) is 10.9. The summed E-state index contributed by atoms with van der Waals surface area (Å²) >= 11 is 0. The Hall–Kier alpha value is -3.18. The van der Waals surface area contributed by atoms with Gasteiger partial charge in [0.15, 0.2) is 0 Å². The van der Waals surface area contributed by atoms with Crippen molar-refractivity contribution in [1.29, 1.82) is 0 Å². The Morgan fingerprint density at radius 2 is 1.06 bits per heavy atom. The molecule has 4 atom stereocenters. The average molecular weight is 713 g/mol. The van der Waals surface area contributed by atoms with Gasteiger partial charge in [-0.1, -0.05) is 79.7 Å². The minimum absolute atomic E-state index is 0.00978. The molecule has 0 aliphatic carbocycles. The summed E-state index contributed by atoms with van der Waals surface area (Å²) in [5, 5.41) is 21.5. The van der Waals surface area contributed by atoms with Crippen molar-refractivity contribution in [2.24, 2.45) is 17.3 Å². The maximum Gasteiger partial charge on any atom is 0.313 e. The van der Waals surface area contributed by atoms with Crippen molar-refractivity contribution in [3.8, 4) is 11.5 Å². The lowest BCUT2D eigenvalue weighted by atomic mass is 9.60. The van der Waals surface area contributed by atoms with Crippen LogP contribution in [0.5, 0.6) is 11.5 Å². The van der Waals surface area contributed by atoms with Crippen LogP contribution in [0.1, 0.15) is 114 Å². The summed E-state index contributed by atoms with van der Waals surface area (Å²) in [6.45, 7) is 24.4. The number of ether oxygens (including phenoxy) is 6. The van der Waals surface area contributed by atoms with Crippen LogP contribution in [-0.2, 0) is 48.8 Å². The molecule has 2 aromatic rings. The van der Waals surface area contributed by atoms with E-state index in [9.17, 15) is 19.8 Å². The van der Waals surface area contributed by atoms with E-state index >= 15 is 0 Å². The predicted octanol–water partition coefficient (Wildman–Crippen LogP) is 7.31. The Kier molecular flexibility index (Phi) is 12.3. The van der Waals surface area contributed by atoms with E-state index in [1.807, 2.05) is 93.5 Å². The van der Waals surface area contributed by atoms with Crippen molar-refractivity contribution < 1.29 is 48.2 Å². The van der Waals surface area contributed by atoms with Crippen molar-refractivity contribution in [3.63, 3.8) is 0 Å². The van der Waals surface area contributed by atoms with E-state index in [-0.39, 0.29) is 61.0 Å². The van der Waals surface area contributed by atoms with E-state index in [1.165, 1.54) is 0 Å². The Bertz CT molecular complexity index is 1450. The van der Waals surface area contributed by atoms with Gasteiger partial charge in [0.05, 0.1) is 55.9 Å². The fourth-order valence-electron chi connectivity index (χ4n) is 7.78. The SMILES string of the molecule is Cc1cc(C(C)C(=O)OCC(C)C2(C(C)COC(=O)C(C)c3cc(C)c(O)c(C(C)(C)C)c3)OCOCC23COCOC3)cc(C(C)(C)C)c1O. The number of carbonyl (C=O) groups is 2. The highest BCUT2D eigenvalue weighted by Gasteiger charge is 2.62. The van der Waals surface area contributed by atoms with E-state index < -0.39 is 34.8 Å². The van der Waals surface area contributed by atoms with Crippen LogP contribution < -0.4 is 0 Å². The summed E-state index contributed by atoms with van der Waals surface area (Å²) in [5.41, 5.74) is 2.07. The van der Waals surface area contributed by atoms with Crippen molar-refractivity contribution in [2.45, 2.75) is 111 Å². The van der Waals surface area contributed by atoms with Gasteiger partial charge in [-0.15, -0.1) is 0 Å². The minimum Gasteiger partial charge on any atom is -0.507 e. The Morgan fingerprint density at radius 1 is 0.686 bits per heavy atom. The van der Waals surface area contributed by atoms with E-state index in [0.29, 0.717) is 30.9 Å². The van der Waals surface area contributed by atoms with Crippen LogP contribution in [0, 0.1) is 31.1 Å². The smallest absolute Gasteiger partial charge is 0.313 e. The lowest BCUT2D eigenvalue weighted by molar-refractivity contribution is -0.348. The number of hydrogen-bond donors (Lipinski definition) is 2. The van der Waals surface area contributed by atoms with Gasteiger partial charge < -0.3 is 38.6 Å². The second-order valence-electron chi connectivity index (χ2n) is 17.0. The van der Waals surface area contributed by atoms with Gasteiger partial charge in [-0.2, -0.15) is 0 Å². The van der Waals surface area contributed by atoms with Gasteiger partial charge in [-0.05, 0) is 71.9 Å². The molecule has 0 bridgehead atoms. The van der Waals surface area contributed by atoms with Gasteiger partial charge in [0.1, 0.15) is 25.1 Å². The van der Waals surface area contributed by atoms with Gasteiger partial charge in [-0.25, -0.2) is 0 Å². The van der Waals surface area contributed by atoms with Crippen molar-refractivity contribution in [1.82, 2.24) is 0 Å².